The summed E-state index contributed by atoms with van der Waals surface area (Å²) in [6.45, 7) is 0. The fourth-order valence-electron chi connectivity index (χ4n) is 2.70. The number of hydrogen-bond donors (Lipinski definition) is 1. The van der Waals surface area contributed by atoms with Crippen LogP contribution in [0.2, 0.25) is 0 Å². The quantitative estimate of drug-likeness (QED) is 0.612. The smallest absolute Gasteiger partial charge is 0.155 e. The van der Waals surface area contributed by atoms with Gasteiger partial charge in [0.1, 0.15) is 17.3 Å². The molecule has 0 amide bonds. The lowest BCUT2D eigenvalue weighted by Crippen LogP contribution is -1.95. The molecule has 4 aromatic rings. The highest BCUT2D eigenvalue weighted by atomic mass is 19.1. The Hall–Kier alpha value is -3.08. The van der Waals surface area contributed by atoms with Crippen LogP contribution in [0.15, 0.2) is 54.7 Å². The van der Waals surface area contributed by atoms with Crippen molar-refractivity contribution in [2.75, 3.05) is 0 Å². The van der Waals surface area contributed by atoms with Gasteiger partial charge in [-0.1, -0.05) is 18.2 Å². The first kappa shape index (κ1) is 14.5. The normalized spacial score (nSPS) is 11.1. The van der Waals surface area contributed by atoms with Crippen LogP contribution in [0.1, 0.15) is 11.1 Å². The molecule has 0 aliphatic heterocycles. The SMILES string of the molecule is Fc1ccc(F)c(Cc2cnc3[nH]nc(-c4c[c]ccc4)c3c2)c1. The molecule has 0 aliphatic carbocycles. The molecule has 1 N–H and O–H groups in total. The third-order valence-electron chi connectivity index (χ3n) is 3.86. The van der Waals surface area contributed by atoms with Crippen molar-refractivity contribution in [3.8, 4) is 11.3 Å². The first-order valence-electron chi connectivity index (χ1n) is 7.44. The maximum Gasteiger partial charge on any atom is 0.155 e. The van der Waals surface area contributed by atoms with Gasteiger partial charge in [0.15, 0.2) is 5.65 Å². The Morgan fingerprint density at radius 3 is 2.88 bits per heavy atom. The Bertz CT molecular complexity index is 1010. The van der Waals surface area contributed by atoms with E-state index < -0.39 is 11.6 Å². The van der Waals surface area contributed by atoms with E-state index in [4.69, 9.17) is 0 Å². The van der Waals surface area contributed by atoms with Crippen molar-refractivity contribution < 1.29 is 8.78 Å². The zero-order valence-electron chi connectivity index (χ0n) is 12.6. The van der Waals surface area contributed by atoms with E-state index in [1.165, 1.54) is 6.07 Å². The van der Waals surface area contributed by atoms with Crippen molar-refractivity contribution in [2.24, 2.45) is 0 Å². The van der Waals surface area contributed by atoms with Crippen molar-refractivity contribution in [1.29, 1.82) is 0 Å². The van der Waals surface area contributed by atoms with Gasteiger partial charge in [0, 0.05) is 23.6 Å². The summed E-state index contributed by atoms with van der Waals surface area (Å²) < 4.78 is 27.2. The number of fused-ring (bicyclic) bond motifs is 1. The molecule has 1 radical (unpaired) electrons. The molecular weight excluding hydrogens is 308 g/mol. The van der Waals surface area contributed by atoms with Crippen LogP contribution in [0.5, 0.6) is 0 Å². The van der Waals surface area contributed by atoms with Gasteiger partial charge in [-0.2, -0.15) is 5.10 Å². The van der Waals surface area contributed by atoms with Crippen LogP contribution in [0.3, 0.4) is 0 Å². The molecule has 0 spiro atoms. The Labute approximate surface area is 137 Å². The Balaban J connectivity index is 1.76. The van der Waals surface area contributed by atoms with E-state index in [-0.39, 0.29) is 6.42 Å². The summed E-state index contributed by atoms with van der Waals surface area (Å²) in [5.41, 5.74) is 3.41. The maximum atomic E-state index is 13.8. The molecule has 117 valence electrons. The van der Waals surface area contributed by atoms with Crippen LogP contribution >= 0.6 is 0 Å². The third-order valence-corrected chi connectivity index (χ3v) is 3.86. The lowest BCUT2D eigenvalue weighted by molar-refractivity contribution is 0.588. The minimum Gasteiger partial charge on any atom is -0.260 e. The number of hydrogen-bond acceptors (Lipinski definition) is 2. The van der Waals surface area contributed by atoms with Gasteiger partial charge in [-0.25, -0.2) is 13.8 Å². The highest BCUT2D eigenvalue weighted by molar-refractivity contribution is 5.90. The zero-order valence-corrected chi connectivity index (χ0v) is 12.6. The van der Waals surface area contributed by atoms with Gasteiger partial charge in [0.2, 0.25) is 0 Å². The molecule has 2 aromatic carbocycles. The molecule has 5 heteroatoms. The van der Waals surface area contributed by atoms with Crippen LogP contribution in [0.4, 0.5) is 8.78 Å². The number of nitrogens with zero attached hydrogens (tertiary/aromatic N) is 2. The zero-order chi connectivity index (χ0) is 16.5. The largest absolute Gasteiger partial charge is 0.260 e. The second-order valence-corrected chi connectivity index (χ2v) is 5.52. The number of benzene rings is 2. The van der Waals surface area contributed by atoms with E-state index >= 15 is 0 Å². The topological polar surface area (TPSA) is 41.6 Å². The van der Waals surface area contributed by atoms with E-state index in [1.807, 2.05) is 30.3 Å². The van der Waals surface area contributed by atoms with Crippen molar-refractivity contribution in [2.45, 2.75) is 6.42 Å². The fourth-order valence-corrected chi connectivity index (χ4v) is 2.70. The number of aromatic nitrogens is 3. The molecule has 2 aromatic heterocycles. The van der Waals surface area contributed by atoms with Gasteiger partial charge in [-0.3, -0.25) is 5.10 Å². The fraction of sp³-hybridized carbons (Fsp3) is 0.0526. The Kier molecular flexibility index (Phi) is 3.54. The van der Waals surface area contributed by atoms with E-state index in [0.717, 1.165) is 34.3 Å². The van der Waals surface area contributed by atoms with Gasteiger partial charge in [-0.15, -0.1) is 0 Å². The van der Waals surface area contributed by atoms with E-state index in [2.05, 4.69) is 21.2 Å². The van der Waals surface area contributed by atoms with Crippen LogP contribution < -0.4 is 0 Å². The van der Waals surface area contributed by atoms with Crippen LogP contribution in [-0.4, -0.2) is 15.2 Å². The van der Waals surface area contributed by atoms with Gasteiger partial charge in [0.05, 0.1) is 0 Å². The molecular formula is C19H12F2N3. The second-order valence-electron chi connectivity index (χ2n) is 5.52. The number of H-pyrrole nitrogens is 1. The molecule has 0 unspecified atom stereocenters. The summed E-state index contributed by atoms with van der Waals surface area (Å²) in [6, 6.07) is 15.9. The lowest BCUT2D eigenvalue weighted by Gasteiger charge is -2.04. The Morgan fingerprint density at radius 1 is 1.12 bits per heavy atom. The molecule has 2 heterocycles. The molecule has 0 saturated carbocycles. The van der Waals surface area contributed by atoms with Crippen LogP contribution in [0.25, 0.3) is 22.3 Å². The number of nitrogens with one attached hydrogen (secondary N) is 1. The molecule has 4 rings (SSSR count). The minimum atomic E-state index is -0.454. The number of aromatic amines is 1. The van der Waals surface area contributed by atoms with Crippen molar-refractivity contribution in [1.82, 2.24) is 15.2 Å². The first-order chi connectivity index (χ1) is 11.7. The number of halogens is 2. The molecule has 0 atom stereocenters. The summed E-state index contributed by atoms with van der Waals surface area (Å²) in [7, 11) is 0. The molecule has 0 fully saturated rings. The minimum absolute atomic E-state index is 0.262. The average molecular weight is 320 g/mol. The van der Waals surface area contributed by atoms with Crippen LogP contribution in [0, 0.1) is 17.7 Å². The Morgan fingerprint density at radius 2 is 2.04 bits per heavy atom. The van der Waals surface area contributed by atoms with E-state index in [0.29, 0.717) is 11.2 Å². The lowest BCUT2D eigenvalue weighted by atomic mass is 10.0. The summed E-state index contributed by atoms with van der Waals surface area (Å²) in [5, 5.41) is 8.03. The number of rotatable bonds is 3. The van der Waals surface area contributed by atoms with E-state index in [1.54, 1.807) is 6.20 Å². The first-order valence-corrected chi connectivity index (χ1v) is 7.44. The predicted octanol–water partition coefficient (Wildman–Crippen LogP) is 4.29. The highest BCUT2D eigenvalue weighted by Gasteiger charge is 2.11. The summed E-state index contributed by atoms with van der Waals surface area (Å²) in [6.07, 6.45) is 1.91. The van der Waals surface area contributed by atoms with Crippen molar-refractivity contribution in [3.05, 3.63) is 83.6 Å². The summed E-state index contributed by atoms with van der Waals surface area (Å²) in [4.78, 5) is 4.33. The highest BCUT2D eigenvalue weighted by Crippen LogP contribution is 2.26. The summed E-state index contributed by atoms with van der Waals surface area (Å²) >= 11 is 0. The second kappa shape index (κ2) is 5.85. The van der Waals surface area contributed by atoms with Gasteiger partial charge in [0.25, 0.3) is 0 Å². The maximum absolute atomic E-state index is 13.8. The summed E-state index contributed by atoms with van der Waals surface area (Å²) in [5.74, 6) is -0.883. The van der Waals surface area contributed by atoms with E-state index in [9.17, 15) is 8.78 Å². The number of pyridine rings is 1. The van der Waals surface area contributed by atoms with Crippen LogP contribution in [-0.2, 0) is 6.42 Å². The molecule has 0 saturated heterocycles. The monoisotopic (exact) mass is 320 g/mol. The van der Waals surface area contributed by atoms with Gasteiger partial charge >= 0.3 is 0 Å². The predicted molar refractivity (Wildman–Crippen MR) is 87.3 cm³/mol. The molecule has 0 bridgehead atoms. The molecule has 24 heavy (non-hydrogen) atoms. The standard InChI is InChI=1S/C19H12F2N3/c20-15-6-7-17(21)14(10-15)8-12-9-16-18(13-4-2-1-3-5-13)23-24-19(16)22-11-12/h1-2,4-7,9-11H,8H2,(H,22,23,24). The van der Waals surface area contributed by atoms with Crippen molar-refractivity contribution in [3.63, 3.8) is 0 Å². The molecule has 0 aliphatic rings. The molecule has 3 nitrogen and oxygen atoms in total. The van der Waals surface area contributed by atoms with Gasteiger partial charge in [-0.05, 0) is 47.5 Å². The van der Waals surface area contributed by atoms with Gasteiger partial charge < -0.3 is 0 Å². The van der Waals surface area contributed by atoms with Crippen molar-refractivity contribution >= 4 is 11.0 Å². The average Bonchev–Trinajstić information content (AvgIpc) is 3.02. The third kappa shape index (κ3) is 2.65.